The molecule has 2 N–H and O–H groups in total. The summed E-state index contributed by atoms with van der Waals surface area (Å²) in [5, 5.41) is 12.6. The lowest BCUT2D eigenvalue weighted by Crippen LogP contribution is -2.58. The van der Waals surface area contributed by atoms with Crippen molar-refractivity contribution in [2.75, 3.05) is 19.6 Å². The van der Waals surface area contributed by atoms with Crippen molar-refractivity contribution in [1.82, 2.24) is 10.2 Å². The standard InChI is InChI=1S/C15H30N2O3/c1-7-16-15(6,13(18)19)8-11(2)17-9-12(3)20-14(4,5)10-17/h11-12,16H,7-10H2,1-6H3,(H,18,19). The van der Waals surface area contributed by atoms with Crippen molar-refractivity contribution in [1.29, 1.82) is 0 Å². The Morgan fingerprint density at radius 2 is 2.20 bits per heavy atom. The average molecular weight is 286 g/mol. The second kappa shape index (κ2) is 6.41. The molecule has 5 heteroatoms. The molecule has 0 bridgehead atoms. The zero-order chi connectivity index (χ0) is 15.6. The Bertz CT molecular complexity index is 346. The van der Waals surface area contributed by atoms with Gasteiger partial charge >= 0.3 is 5.97 Å². The minimum atomic E-state index is -0.875. The average Bonchev–Trinajstić information content (AvgIpc) is 2.26. The first-order valence-corrected chi connectivity index (χ1v) is 7.50. The highest BCUT2D eigenvalue weighted by atomic mass is 16.5. The van der Waals surface area contributed by atoms with Crippen molar-refractivity contribution in [3.8, 4) is 0 Å². The Kier molecular flexibility index (Phi) is 5.58. The molecule has 1 fully saturated rings. The smallest absolute Gasteiger partial charge is 0.323 e. The molecule has 0 spiro atoms. The molecule has 20 heavy (non-hydrogen) atoms. The van der Waals surface area contributed by atoms with E-state index in [4.69, 9.17) is 4.74 Å². The summed E-state index contributed by atoms with van der Waals surface area (Å²) in [7, 11) is 0. The molecule has 0 aromatic carbocycles. The predicted molar refractivity (Wildman–Crippen MR) is 80.0 cm³/mol. The third kappa shape index (κ3) is 4.43. The number of ether oxygens (including phenoxy) is 1. The number of carbonyl (C=O) groups is 1. The second-order valence-corrected chi connectivity index (χ2v) is 6.84. The molecule has 1 rings (SSSR count). The van der Waals surface area contributed by atoms with Gasteiger partial charge in [0, 0.05) is 19.1 Å². The summed E-state index contributed by atoms with van der Waals surface area (Å²) < 4.78 is 5.91. The summed E-state index contributed by atoms with van der Waals surface area (Å²) >= 11 is 0. The number of carboxylic acids is 1. The first-order valence-electron chi connectivity index (χ1n) is 7.50. The quantitative estimate of drug-likeness (QED) is 0.778. The van der Waals surface area contributed by atoms with E-state index in [0.717, 1.165) is 13.1 Å². The van der Waals surface area contributed by atoms with Crippen LogP contribution in [0.3, 0.4) is 0 Å². The van der Waals surface area contributed by atoms with E-state index in [0.29, 0.717) is 13.0 Å². The molecule has 1 saturated heterocycles. The first-order chi connectivity index (χ1) is 9.09. The molecule has 0 amide bonds. The van der Waals surface area contributed by atoms with E-state index in [9.17, 15) is 9.90 Å². The fourth-order valence-electron chi connectivity index (χ4n) is 3.18. The van der Waals surface area contributed by atoms with Crippen LogP contribution >= 0.6 is 0 Å². The van der Waals surface area contributed by atoms with Gasteiger partial charge in [-0.3, -0.25) is 9.69 Å². The van der Waals surface area contributed by atoms with E-state index in [1.165, 1.54) is 0 Å². The van der Waals surface area contributed by atoms with Crippen LogP contribution in [-0.4, -0.2) is 58.9 Å². The predicted octanol–water partition coefficient (Wildman–Crippen LogP) is 1.72. The number of nitrogens with zero attached hydrogens (tertiary/aromatic N) is 1. The third-order valence-electron chi connectivity index (χ3n) is 3.96. The molecule has 0 saturated carbocycles. The van der Waals surface area contributed by atoms with E-state index >= 15 is 0 Å². The summed E-state index contributed by atoms with van der Waals surface area (Å²) in [6.45, 7) is 14.4. The first kappa shape index (κ1) is 17.4. The van der Waals surface area contributed by atoms with Crippen molar-refractivity contribution >= 4 is 5.97 Å². The fourth-order valence-corrected chi connectivity index (χ4v) is 3.18. The minimum Gasteiger partial charge on any atom is -0.480 e. The number of likely N-dealkylation sites (N-methyl/N-ethyl adjacent to an activating group) is 1. The lowest BCUT2D eigenvalue weighted by molar-refractivity contribution is -0.149. The molecule has 118 valence electrons. The van der Waals surface area contributed by atoms with Crippen molar-refractivity contribution in [2.45, 2.75) is 71.2 Å². The number of hydrogen-bond donors (Lipinski definition) is 2. The summed E-state index contributed by atoms with van der Waals surface area (Å²) in [5.41, 5.74) is -1.05. The van der Waals surface area contributed by atoms with Gasteiger partial charge in [0.25, 0.3) is 0 Å². The highest BCUT2D eigenvalue weighted by Crippen LogP contribution is 2.25. The highest BCUT2D eigenvalue weighted by Gasteiger charge is 2.39. The number of rotatable bonds is 6. The maximum absolute atomic E-state index is 11.5. The van der Waals surface area contributed by atoms with E-state index < -0.39 is 11.5 Å². The van der Waals surface area contributed by atoms with Gasteiger partial charge in [-0.1, -0.05) is 6.92 Å². The fraction of sp³-hybridized carbons (Fsp3) is 0.933. The normalized spacial score (nSPS) is 27.8. The minimum absolute atomic E-state index is 0.177. The molecule has 1 heterocycles. The van der Waals surface area contributed by atoms with E-state index in [2.05, 4.69) is 37.9 Å². The molecule has 0 aromatic rings. The molecular formula is C15H30N2O3. The van der Waals surface area contributed by atoms with Gasteiger partial charge in [-0.05, 0) is 47.6 Å². The Morgan fingerprint density at radius 1 is 1.60 bits per heavy atom. The van der Waals surface area contributed by atoms with Gasteiger partial charge in [-0.25, -0.2) is 0 Å². The number of carboxylic acid groups (broad SMARTS) is 1. The van der Waals surface area contributed by atoms with Gasteiger partial charge in [0.2, 0.25) is 0 Å². The van der Waals surface area contributed by atoms with Crippen LogP contribution in [0.1, 0.15) is 48.0 Å². The van der Waals surface area contributed by atoms with Crippen molar-refractivity contribution in [3.05, 3.63) is 0 Å². The van der Waals surface area contributed by atoms with Crippen LogP contribution in [0.25, 0.3) is 0 Å². The molecule has 0 aromatic heterocycles. The van der Waals surface area contributed by atoms with Crippen LogP contribution < -0.4 is 5.32 Å². The molecule has 5 nitrogen and oxygen atoms in total. The summed E-state index contributed by atoms with van der Waals surface area (Å²) in [6.07, 6.45) is 0.760. The molecule has 3 atom stereocenters. The van der Waals surface area contributed by atoms with Gasteiger partial charge in [0.15, 0.2) is 0 Å². The maximum Gasteiger partial charge on any atom is 0.323 e. The molecule has 1 aliphatic heterocycles. The Balaban J connectivity index is 2.73. The lowest BCUT2D eigenvalue weighted by Gasteiger charge is -2.45. The maximum atomic E-state index is 11.5. The summed E-state index contributed by atoms with van der Waals surface area (Å²) in [4.78, 5) is 13.9. The Labute approximate surface area is 122 Å². The topological polar surface area (TPSA) is 61.8 Å². The largest absolute Gasteiger partial charge is 0.480 e. The number of nitrogens with one attached hydrogen (secondary N) is 1. The van der Waals surface area contributed by atoms with Crippen LogP contribution in [0.2, 0.25) is 0 Å². The molecule has 1 aliphatic rings. The van der Waals surface area contributed by atoms with Crippen LogP contribution in [-0.2, 0) is 9.53 Å². The van der Waals surface area contributed by atoms with Gasteiger partial charge in [-0.15, -0.1) is 0 Å². The van der Waals surface area contributed by atoms with Crippen LogP contribution in [0.5, 0.6) is 0 Å². The van der Waals surface area contributed by atoms with Crippen molar-refractivity contribution in [3.63, 3.8) is 0 Å². The highest BCUT2D eigenvalue weighted by molar-refractivity contribution is 5.78. The van der Waals surface area contributed by atoms with Crippen LogP contribution in [0.4, 0.5) is 0 Å². The van der Waals surface area contributed by atoms with Crippen LogP contribution in [0.15, 0.2) is 0 Å². The van der Waals surface area contributed by atoms with Crippen molar-refractivity contribution in [2.24, 2.45) is 0 Å². The van der Waals surface area contributed by atoms with Crippen molar-refractivity contribution < 1.29 is 14.6 Å². The third-order valence-corrected chi connectivity index (χ3v) is 3.96. The van der Waals surface area contributed by atoms with E-state index in [1.807, 2.05) is 6.92 Å². The monoisotopic (exact) mass is 286 g/mol. The Morgan fingerprint density at radius 3 is 2.65 bits per heavy atom. The zero-order valence-electron chi connectivity index (χ0n) is 13.7. The summed E-state index contributed by atoms with van der Waals surface area (Å²) in [5.74, 6) is -0.785. The molecule has 0 aliphatic carbocycles. The molecular weight excluding hydrogens is 256 g/mol. The summed E-state index contributed by atoms with van der Waals surface area (Å²) in [6, 6.07) is 0.195. The SMILES string of the molecule is CCNC(C)(CC(C)N1CC(C)OC(C)(C)C1)C(=O)O. The van der Waals surface area contributed by atoms with Gasteiger partial charge < -0.3 is 15.2 Å². The van der Waals surface area contributed by atoms with Gasteiger partial charge in [0.05, 0.1) is 11.7 Å². The molecule has 3 unspecified atom stereocenters. The number of morpholine rings is 1. The van der Waals surface area contributed by atoms with E-state index in [-0.39, 0.29) is 17.7 Å². The number of hydrogen-bond acceptors (Lipinski definition) is 4. The zero-order valence-corrected chi connectivity index (χ0v) is 13.7. The van der Waals surface area contributed by atoms with Gasteiger partial charge in [-0.2, -0.15) is 0 Å². The Hall–Kier alpha value is -0.650. The van der Waals surface area contributed by atoms with E-state index in [1.54, 1.807) is 6.92 Å². The second-order valence-electron chi connectivity index (χ2n) is 6.84. The number of aliphatic carboxylic acids is 1. The molecule has 0 radical (unpaired) electrons. The van der Waals surface area contributed by atoms with Gasteiger partial charge in [0.1, 0.15) is 5.54 Å². The van der Waals surface area contributed by atoms with Crippen LogP contribution in [0, 0.1) is 0 Å². The lowest BCUT2D eigenvalue weighted by atomic mass is 9.91.